The van der Waals surface area contributed by atoms with Gasteiger partial charge in [0.05, 0.1) is 0 Å². The Morgan fingerprint density at radius 2 is 1.17 bits per heavy atom. The van der Waals surface area contributed by atoms with Crippen LogP contribution in [0.15, 0.2) is 0 Å². The Kier molecular flexibility index (Phi) is 135. The maximum Gasteiger partial charge on any atom is 0 e. The summed E-state index contributed by atoms with van der Waals surface area (Å²) in [4.78, 5) is 0. The van der Waals surface area contributed by atoms with Crippen molar-refractivity contribution in [2.75, 3.05) is 6.61 Å². The Bertz CT molecular complexity index is 8.75. The number of aliphatic hydroxyl groups excluding tert-OH is 1. The van der Waals surface area contributed by atoms with Crippen LogP contribution >= 0.6 is 0 Å². The van der Waals surface area contributed by atoms with Gasteiger partial charge in [-0.05, 0) is 0 Å². The van der Waals surface area contributed by atoms with Gasteiger partial charge in [0.2, 0.25) is 0 Å². The summed E-state index contributed by atoms with van der Waals surface area (Å²) in [7, 11) is 0. The summed E-state index contributed by atoms with van der Waals surface area (Å²) in [5, 5.41) is 7.46. The third-order valence-electron chi connectivity index (χ3n) is 0. The minimum atomic E-state index is 0. The predicted molar refractivity (Wildman–Crippen MR) is 12.4 cm³/mol. The summed E-state index contributed by atoms with van der Waals surface area (Å²) in [6, 6.07) is 0. The molecule has 6 heavy (non-hydrogen) atoms. The first-order chi connectivity index (χ1) is 1.41. The molecule has 1 nitrogen and oxygen atoms in total. The SMILES string of the molecule is [CH2-]CO.[Fe].[Fe].[Fe]. The Morgan fingerprint density at radius 3 is 1.17 bits per heavy atom. The first-order valence-electron chi connectivity index (χ1n) is 0.816. The van der Waals surface area contributed by atoms with Gasteiger partial charge in [0, 0.05) is 51.2 Å². The molecule has 0 aliphatic rings. The minimum absolute atomic E-state index is 0. The predicted octanol–water partition coefficient (Wildman–Crippen LogP) is -0.195. The van der Waals surface area contributed by atoms with E-state index in [-0.39, 0.29) is 57.8 Å². The minimum Gasteiger partial charge on any atom is -0.428 e. The van der Waals surface area contributed by atoms with Gasteiger partial charge in [-0.2, -0.15) is 0 Å². The van der Waals surface area contributed by atoms with E-state index >= 15 is 0 Å². The third kappa shape index (κ3) is 48.9. The van der Waals surface area contributed by atoms with Crippen molar-refractivity contribution in [3.63, 3.8) is 0 Å². The molecular weight excluding hydrogens is 208 g/mol. The summed E-state index contributed by atoms with van der Waals surface area (Å²) in [5.74, 6) is 0. The van der Waals surface area contributed by atoms with Gasteiger partial charge in [-0.25, -0.2) is 0 Å². The van der Waals surface area contributed by atoms with Gasteiger partial charge in [-0.15, -0.1) is 0 Å². The molecule has 0 aromatic carbocycles. The van der Waals surface area contributed by atoms with Crippen LogP contribution in [0.5, 0.6) is 0 Å². The van der Waals surface area contributed by atoms with Crippen molar-refractivity contribution in [2.45, 2.75) is 0 Å². The molecule has 0 amide bonds. The van der Waals surface area contributed by atoms with Crippen LogP contribution in [-0.4, -0.2) is 11.7 Å². The zero-order valence-electron chi connectivity index (χ0n) is 2.92. The first kappa shape index (κ1) is 25.8. The molecule has 0 aliphatic carbocycles. The van der Waals surface area contributed by atoms with Gasteiger partial charge in [-0.3, -0.25) is 0 Å². The van der Waals surface area contributed by atoms with Crippen molar-refractivity contribution in [3.05, 3.63) is 6.92 Å². The number of hydrogen-bond donors (Lipinski definition) is 1. The van der Waals surface area contributed by atoms with E-state index < -0.39 is 0 Å². The normalized spacial score (nSPS) is 3.00. The summed E-state index contributed by atoms with van der Waals surface area (Å²) >= 11 is 0. The molecule has 0 heterocycles. The van der Waals surface area contributed by atoms with Crippen molar-refractivity contribution >= 4 is 0 Å². The van der Waals surface area contributed by atoms with Crippen molar-refractivity contribution in [1.82, 2.24) is 0 Å². The molecule has 0 unspecified atom stereocenters. The molecule has 0 spiro atoms. The van der Waals surface area contributed by atoms with Gasteiger partial charge in [0.1, 0.15) is 0 Å². The van der Waals surface area contributed by atoms with Crippen LogP contribution in [-0.2, 0) is 51.2 Å². The largest absolute Gasteiger partial charge is 0.428 e. The van der Waals surface area contributed by atoms with E-state index in [9.17, 15) is 0 Å². The van der Waals surface area contributed by atoms with Crippen LogP contribution in [0.3, 0.4) is 0 Å². The molecule has 0 fully saturated rings. The van der Waals surface area contributed by atoms with Crippen molar-refractivity contribution in [3.8, 4) is 0 Å². The molecule has 1 N–H and O–H groups in total. The summed E-state index contributed by atoms with van der Waals surface area (Å²) < 4.78 is 0. The van der Waals surface area contributed by atoms with Gasteiger partial charge in [0.15, 0.2) is 0 Å². The van der Waals surface area contributed by atoms with Crippen LogP contribution in [0.1, 0.15) is 0 Å². The summed E-state index contributed by atoms with van der Waals surface area (Å²) in [5.41, 5.74) is 0. The fourth-order valence-corrected chi connectivity index (χ4v) is 0. The van der Waals surface area contributed by atoms with Crippen LogP contribution < -0.4 is 0 Å². The van der Waals surface area contributed by atoms with E-state index in [0.29, 0.717) is 0 Å². The number of aliphatic hydroxyl groups is 1. The van der Waals surface area contributed by atoms with Gasteiger partial charge in [0.25, 0.3) is 0 Å². The smallest absolute Gasteiger partial charge is 0 e. The Balaban J connectivity index is -0.00000000667. The van der Waals surface area contributed by atoms with Crippen molar-refractivity contribution in [2.24, 2.45) is 0 Å². The van der Waals surface area contributed by atoms with E-state index in [4.69, 9.17) is 5.11 Å². The topological polar surface area (TPSA) is 20.2 Å². The van der Waals surface area contributed by atoms with E-state index in [1.165, 1.54) is 0 Å². The van der Waals surface area contributed by atoms with Crippen LogP contribution in [0, 0.1) is 6.92 Å². The average molecular weight is 213 g/mol. The molecule has 0 aliphatic heterocycles. The van der Waals surface area contributed by atoms with Crippen LogP contribution in [0.4, 0.5) is 0 Å². The number of hydrogen-bond acceptors (Lipinski definition) is 1. The van der Waals surface area contributed by atoms with E-state index in [1.54, 1.807) is 0 Å². The summed E-state index contributed by atoms with van der Waals surface area (Å²) in [6.07, 6.45) is 0. The molecular formula is C2H5Fe3O-. The second-order valence-electron chi connectivity index (χ2n) is 0.224. The first-order valence-corrected chi connectivity index (χ1v) is 0.816. The Hall–Kier alpha value is 1.52. The second-order valence-corrected chi connectivity index (χ2v) is 0.224. The van der Waals surface area contributed by atoms with Crippen LogP contribution in [0.2, 0.25) is 0 Å². The molecule has 4 heteroatoms. The van der Waals surface area contributed by atoms with Crippen molar-refractivity contribution < 1.29 is 56.3 Å². The zero-order valence-corrected chi connectivity index (χ0v) is 6.23. The van der Waals surface area contributed by atoms with Crippen LogP contribution in [0.25, 0.3) is 0 Å². The van der Waals surface area contributed by atoms with Gasteiger partial charge < -0.3 is 12.0 Å². The maximum absolute atomic E-state index is 7.46. The van der Waals surface area contributed by atoms with E-state index in [1.807, 2.05) is 0 Å². The standard InChI is InChI=1S/C2H5O.3Fe/c1-2-3;;;/h3H,1-2H2;;;/q-1;;;. The molecule has 0 saturated heterocycles. The monoisotopic (exact) mass is 213 g/mol. The molecule has 0 aromatic heterocycles. The second kappa shape index (κ2) is 31.3. The van der Waals surface area contributed by atoms with Gasteiger partial charge in [-0.1, -0.05) is 6.61 Å². The summed E-state index contributed by atoms with van der Waals surface area (Å²) in [6.45, 7) is 3.04. The molecule has 0 rings (SSSR count). The zero-order chi connectivity index (χ0) is 2.71. The van der Waals surface area contributed by atoms with Crippen molar-refractivity contribution in [1.29, 1.82) is 0 Å². The molecule has 0 radical (unpaired) electrons. The third-order valence-corrected chi connectivity index (χ3v) is 0. The molecule has 0 bridgehead atoms. The fourth-order valence-electron chi connectivity index (χ4n) is 0. The maximum atomic E-state index is 7.46. The fraction of sp³-hybridized carbons (Fsp3) is 0.500. The molecule has 0 saturated carbocycles. The van der Waals surface area contributed by atoms with E-state index in [0.717, 1.165) is 0 Å². The number of rotatable bonds is 0. The molecule has 0 atom stereocenters. The average Bonchev–Trinajstić information content (AvgIpc) is 0.918. The van der Waals surface area contributed by atoms with E-state index in [2.05, 4.69) is 6.92 Å². The Morgan fingerprint density at radius 1 is 1.17 bits per heavy atom. The van der Waals surface area contributed by atoms with Gasteiger partial charge >= 0.3 is 0 Å². The quantitative estimate of drug-likeness (QED) is 0.436. The molecule has 44 valence electrons. The molecule has 0 aromatic rings. The Labute approximate surface area is 69.7 Å².